The molecule has 1 aliphatic heterocycles. The molecule has 0 aliphatic carbocycles. The molecule has 0 saturated carbocycles. The number of pyridine rings is 1. The third kappa shape index (κ3) is 3.79. The van der Waals surface area contributed by atoms with Crippen LogP contribution < -0.4 is 0 Å². The summed E-state index contributed by atoms with van der Waals surface area (Å²) >= 11 is 1.48. The van der Waals surface area contributed by atoms with Gasteiger partial charge in [0.1, 0.15) is 4.88 Å². The first kappa shape index (κ1) is 17.7. The van der Waals surface area contributed by atoms with Crippen LogP contribution in [0.4, 0.5) is 0 Å². The zero-order chi connectivity index (χ0) is 18.0. The van der Waals surface area contributed by atoms with Crippen LogP contribution >= 0.6 is 11.3 Å². The summed E-state index contributed by atoms with van der Waals surface area (Å²) in [6.07, 6.45) is 4.92. The first-order valence-electron chi connectivity index (χ1n) is 8.68. The van der Waals surface area contributed by atoms with Crippen LogP contribution in [0.2, 0.25) is 0 Å². The zero-order valence-corrected chi connectivity index (χ0v) is 15.7. The van der Waals surface area contributed by atoms with Gasteiger partial charge in [-0.15, -0.1) is 11.3 Å². The van der Waals surface area contributed by atoms with Crippen molar-refractivity contribution in [2.75, 3.05) is 13.1 Å². The molecule has 1 fully saturated rings. The second kappa shape index (κ2) is 7.44. The molecule has 1 amide bonds. The Morgan fingerprint density at radius 1 is 1.36 bits per heavy atom. The third-order valence-corrected chi connectivity index (χ3v) is 5.97. The lowest BCUT2D eigenvalue weighted by atomic mass is 9.90. The summed E-state index contributed by atoms with van der Waals surface area (Å²) in [5.41, 5.74) is 1.41. The van der Waals surface area contributed by atoms with Crippen molar-refractivity contribution in [2.45, 2.75) is 39.5 Å². The van der Waals surface area contributed by atoms with E-state index in [1.54, 1.807) is 24.5 Å². The molecule has 1 aliphatic rings. The molecule has 2 aromatic heterocycles. The first-order valence-corrected chi connectivity index (χ1v) is 9.50. The number of rotatable bonds is 4. The lowest BCUT2D eigenvalue weighted by Gasteiger charge is -2.31. The van der Waals surface area contributed by atoms with E-state index in [-0.39, 0.29) is 17.6 Å². The Balaban J connectivity index is 1.75. The van der Waals surface area contributed by atoms with Gasteiger partial charge in [0.15, 0.2) is 5.78 Å². The minimum atomic E-state index is -0.153. The lowest BCUT2D eigenvalue weighted by Crippen LogP contribution is -2.42. The van der Waals surface area contributed by atoms with E-state index in [9.17, 15) is 9.59 Å². The van der Waals surface area contributed by atoms with Crippen molar-refractivity contribution in [3.63, 3.8) is 0 Å². The molecular weight excluding hydrogens is 334 g/mol. The average Bonchev–Trinajstić information content (AvgIpc) is 3.03. The molecule has 3 rings (SSSR count). The minimum absolute atomic E-state index is 0.00517. The Morgan fingerprint density at radius 2 is 2.16 bits per heavy atom. The van der Waals surface area contributed by atoms with E-state index in [2.05, 4.69) is 23.8 Å². The van der Waals surface area contributed by atoms with E-state index in [0.717, 1.165) is 23.5 Å². The Bertz CT molecular complexity index is 770. The molecule has 0 bridgehead atoms. The maximum absolute atomic E-state index is 12.9. The first-order chi connectivity index (χ1) is 12.0. The van der Waals surface area contributed by atoms with E-state index in [0.29, 0.717) is 29.4 Å². The summed E-state index contributed by atoms with van der Waals surface area (Å²) in [6, 6.07) is 3.56. The highest BCUT2D eigenvalue weighted by molar-refractivity contribution is 7.13. The van der Waals surface area contributed by atoms with Crippen molar-refractivity contribution in [1.82, 2.24) is 14.9 Å². The highest BCUT2D eigenvalue weighted by Gasteiger charge is 2.31. The summed E-state index contributed by atoms with van der Waals surface area (Å²) in [5.74, 6) is 0.242. The van der Waals surface area contributed by atoms with Crippen LogP contribution in [0.15, 0.2) is 24.5 Å². The largest absolute Gasteiger partial charge is 0.337 e. The fraction of sp³-hybridized carbons (Fsp3) is 0.474. The van der Waals surface area contributed by atoms with Crippen molar-refractivity contribution >= 4 is 23.0 Å². The summed E-state index contributed by atoms with van der Waals surface area (Å²) in [7, 11) is 0. The van der Waals surface area contributed by atoms with Crippen molar-refractivity contribution in [3.05, 3.63) is 45.7 Å². The summed E-state index contributed by atoms with van der Waals surface area (Å²) < 4.78 is 0. The smallest absolute Gasteiger partial charge is 0.265 e. The predicted molar refractivity (Wildman–Crippen MR) is 98.1 cm³/mol. The van der Waals surface area contributed by atoms with E-state index >= 15 is 0 Å². The van der Waals surface area contributed by atoms with Gasteiger partial charge in [-0.1, -0.05) is 13.8 Å². The van der Waals surface area contributed by atoms with Gasteiger partial charge >= 0.3 is 0 Å². The third-order valence-electron chi connectivity index (χ3n) is 4.53. The second-order valence-electron chi connectivity index (χ2n) is 6.82. The Labute approximate surface area is 152 Å². The molecule has 1 unspecified atom stereocenters. The molecule has 6 heteroatoms. The fourth-order valence-electron chi connectivity index (χ4n) is 3.13. The number of likely N-dealkylation sites (tertiary alicyclic amines) is 1. The van der Waals surface area contributed by atoms with Crippen molar-refractivity contribution in [3.8, 4) is 0 Å². The molecular formula is C19H23N3O2S. The summed E-state index contributed by atoms with van der Waals surface area (Å²) in [5, 5.41) is 0.987. The monoisotopic (exact) mass is 357 g/mol. The number of nitrogens with zero attached hydrogens (tertiary/aromatic N) is 3. The van der Waals surface area contributed by atoms with Crippen LogP contribution in [0.3, 0.4) is 0 Å². The van der Waals surface area contributed by atoms with Crippen molar-refractivity contribution in [2.24, 2.45) is 5.92 Å². The normalized spacial score (nSPS) is 17.8. The molecule has 3 heterocycles. The van der Waals surface area contributed by atoms with Gasteiger partial charge < -0.3 is 4.90 Å². The van der Waals surface area contributed by atoms with Gasteiger partial charge in [0.2, 0.25) is 0 Å². The van der Waals surface area contributed by atoms with Crippen LogP contribution in [-0.2, 0) is 0 Å². The number of thiazole rings is 1. The quantitative estimate of drug-likeness (QED) is 0.783. The molecule has 0 N–H and O–H groups in total. The maximum atomic E-state index is 12.9. The fourth-order valence-corrected chi connectivity index (χ4v) is 4.16. The van der Waals surface area contributed by atoms with Gasteiger partial charge in [0, 0.05) is 42.9 Å². The SMILES string of the molecule is Cc1nc(C(C)C)sc1C(=O)N1CCCC(C(=O)c2cccnc2)C1. The van der Waals surface area contributed by atoms with E-state index in [1.165, 1.54) is 11.3 Å². The number of ketones is 1. The number of hydrogen-bond acceptors (Lipinski definition) is 5. The zero-order valence-electron chi connectivity index (χ0n) is 14.9. The number of carbonyl (C=O) groups excluding carboxylic acids is 2. The number of aromatic nitrogens is 2. The van der Waals surface area contributed by atoms with Gasteiger partial charge in [0.05, 0.1) is 10.7 Å². The van der Waals surface area contributed by atoms with Gasteiger partial charge in [0.25, 0.3) is 5.91 Å². The van der Waals surface area contributed by atoms with Gasteiger partial charge in [-0.2, -0.15) is 0 Å². The number of carbonyl (C=O) groups is 2. The maximum Gasteiger partial charge on any atom is 0.265 e. The van der Waals surface area contributed by atoms with Gasteiger partial charge in [-0.25, -0.2) is 4.98 Å². The number of amides is 1. The topological polar surface area (TPSA) is 63.2 Å². The number of Topliss-reactive ketones (excluding diaryl/α,β-unsaturated/α-hetero) is 1. The molecule has 2 aromatic rings. The molecule has 0 radical (unpaired) electrons. The van der Waals surface area contributed by atoms with Gasteiger partial charge in [-0.05, 0) is 31.9 Å². The predicted octanol–water partition coefficient (Wildman–Crippen LogP) is 3.71. The van der Waals surface area contributed by atoms with E-state index in [1.807, 2.05) is 11.8 Å². The van der Waals surface area contributed by atoms with E-state index in [4.69, 9.17) is 0 Å². The van der Waals surface area contributed by atoms with Crippen molar-refractivity contribution in [1.29, 1.82) is 0 Å². The number of aryl methyl sites for hydroxylation is 1. The molecule has 0 aromatic carbocycles. The van der Waals surface area contributed by atoms with Crippen LogP contribution in [0.25, 0.3) is 0 Å². The molecule has 25 heavy (non-hydrogen) atoms. The van der Waals surface area contributed by atoms with Crippen molar-refractivity contribution < 1.29 is 9.59 Å². The number of piperidine rings is 1. The van der Waals surface area contributed by atoms with Gasteiger partial charge in [-0.3, -0.25) is 14.6 Å². The van der Waals surface area contributed by atoms with Crippen LogP contribution in [0, 0.1) is 12.8 Å². The molecule has 132 valence electrons. The molecule has 5 nitrogen and oxygen atoms in total. The molecule has 0 spiro atoms. The standard InChI is InChI=1S/C19H23N3O2S/c1-12(2)18-21-13(3)17(25-18)19(24)22-9-5-7-15(11-22)16(23)14-6-4-8-20-10-14/h4,6,8,10,12,15H,5,7,9,11H2,1-3H3. The van der Waals surface area contributed by atoms with Crippen LogP contribution in [-0.4, -0.2) is 39.6 Å². The van der Waals surface area contributed by atoms with E-state index < -0.39 is 0 Å². The summed E-state index contributed by atoms with van der Waals surface area (Å²) in [4.78, 5) is 36.7. The highest BCUT2D eigenvalue weighted by Crippen LogP contribution is 2.28. The Kier molecular flexibility index (Phi) is 5.27. The highest BCUT2D eigenvalue weighted by atomic mass is 32.1. The minimum Gasteiger partial charge on any atom is -0.337 e. The Morgan fingerprint density at radius 3 is 2.80 bits per heavy atom. The van der Waals surface area contributed by atoms with Crippen LogP contribution in [0.5, 0.6) is 0 Å². The van der Waals surface area contributed by atoms with Crippen LogP contribution in [0.1, 0.15) is 63.3 Å². The Hall–Kier alpha value is -2.08. The number of hydrogen-bond donors (Lipinski definition) is 0. The molecule has 1 saturated heterocycles. The summed E-state index contributed by atoms with van der Waals surface area (Å²) in [6.45, 7) is 7.22. The lowest BCUT2D eigenvalue weighted by molar-refractivity contribution is 0.0640. The molecule has 1 atom stereocenters. The second-order valence-corrected chi connectivity index (χ2v) is 7.85. The average molecular weight is 357 g/mol.